The van der Waals surface area contributed by atoms with Gasteiger partial charge in [0.05, 0.1) is 25.1 Å². The third kappa shape index (κ3) is 6.68. The lowest BCUT2D eigenvalue weighted by Gasteiger charge is -2.55. The predicted octanol–water partition coefficient (Wildman–Crippen LogP) is 3.87. The number of para-hydroxylation sites is 1. The molecule has 5 heterocycles. The Morgan fingerprint density at radius 3 is 2.52 bits per heavy atom. The van der Waals surface area contributed by atoms with Crippen LogP contribution in [0.4, 0.5) is 19.0 Å². The molecule has 2 fully saturated rings. The van der Waals surface area contributed by atoms with E-state index in [0.717, 1.165) is 38.1 Å². The third-order valence-electron chi connectivity index (χ3n) is 9.71. The predicted molar refractivity (Wildman–Crippen MR) is 183 cm³/mol. The van der Waals surface area contributed by atoms with Gasteiger partial charge in [-0.2, -0.15) is 18.3 Å². The van der Waals surface area contributed by atoms with E-state index >= 15 is 0 Å². The van der Waals surface area contributed by atoms with E-state index in [2.05, 4.69) is 30.6 Å². The number of hydrogen-bond acceptors (Lipinski definition) is 8. The first-order valence-corrected chi connectivity index (χ1v) is 17.0. The maximum Gasteiger partial charge on any atom is 0.433 e. The first-order valence-electron chi connectivity index (χ1n) is 17.0. The Hall–Kier alpha value is -5.41. The highest BCUT2D eigenvalue weighted by Gasteiger charge is 2.49. The van der Waals surface area contributed by atoms with Gasteiger partial charge in [0.15, 0.2) is 0 Å². The SMILES string of the molecule is C/C=C(\CN1CC2(COC2)C1)C(=O)NCc1cccc([C@@H]2c3cnn(-c4ccccc4)c3N(CC)C(=O)[C@H]2NC(=O)c2nccc(C(F)(F)F)n2)c1. The molecule has 0 radical (unpaired) electrons. The zero-order valence-electron chi connectivity index (χ0n) is 28.6. The molecule has 0 unspecified atom stereocenters. The highest BCUT2D eigenvalue weighted by molar-refractivity contribution is 6.04. The molecule has 4 aromatic rings. The summed E-state index contributed by atoms with van der Waals surface area (Å²) in [5.41, 5.74) is 2.30. The Morgan fingerprint density at radius 2 is 1.85 bits per heavy atom. The van der Waals surface area contributed by atoms with Crippen LogP contribution in [-0.4, -0.2) is 87.8 Å². The number of allylic oxidation sites excluding steroid dienone is 1. The molecular formula is C37H37F3N8O4. The van der Waals surface area contributed by atoms with Gasteiger partial charge in [-0.25, -0.2) is 14.6 Å². The molecule has 52 heavy (non-hydrogen) atoms. The number of halogens is 3. The number of rotatable bonds is 10. The summed E-state index contributed by atoms with van der Waals surface area (Å²) in [6, 6.07) is 15.9. The minimum absolute atomic E-state index is 0.189. The van der Waals surface area contributed by atoms with E-state index in [-0.39, 0.29) is 24.4 Å². The van der Waals surface area contributed by atoms with E-state index in [0.29, 0.717) is 40.8 Å². The molecule has 0 bridgehead atoms. The number of likely N-dealkylation sites (N-methyl/N-ethyl adjacent to an activating group) is 1. The Kier molecular flexibility index (Phi) is 9.40. The van der Waals surface area contributed by atoms with Crippen molar-refractivity contribution in [2.45, 2.75) is 38.5 Å². The van der Waals surface area contributed by atoms with Crippen LogP contribution in [0.15, 0.2) is 84.7 Å². The van der Waals surface area contributed by atoms with Crippen molar-refractivity contribution in [1.82, 2.24) is 35.3 Å². The van der Waals surface area contributed by atoms with Gasteiger partial charge in [0.2, 0.25) is 11.7 Å². The Labute approximate surface area is 297 Å². The lowest BCUT2D eigenvalue weighted by Crippen LogP contribution is -2.66. The zero-order chi connectivity index (χ0) is 36.6. The van der Waals surface area contributed by atoms with Crippen molar-refractivity contribution in [2.75, 3.05) is 44.3 Å². The maximum atomic E-state index is 14.3. The molecule has 0 saturated carbocycles. The summed E-state index contributed by atoms with van der Waals surface area (Å²) in [7, 11) is 0. The van der Waals surface area contributed by atoms with Crippen LogP contribution in [0.3, 0.4) is 0 Å². The number of aromatic nitrogens is 4. The lowest BCUT2D eigenvalue weighted by molar-refractivity contribution is -0.186. The average Bonchev–Trinajstić information content (AvgIpc) is 3.54. The summed E-state index contributed by atoms with van der Waals surface area (Å²) in [5.74, 6) is -2.75. The second-order valence-electron chi connectivity index (χ2n) is 13.3. The van der Waals surface area contributed by atoms with Crippen LogP contribution in [0.2, 0.25) is 0 Å². The topological polar surface area (TPSA) is 135 Å². The number of amides is 3. The first-order chi connectivity index (χ1) is 25.0. The highest BCUT2D eigenvalue weighted by atomic mass is 19.4. The third-order valence-corrected chi connectivity index (χ3v) is 9.71. The average molecular weight is 715 g/mol. The van der Waals surface area contributed by atoms with E-state index in [1.165, 1.54) is 4.90 Å². The molecular weight excluding hydrogens is 677 g/mol. The van der Waals surface area contributed by atoms with Crippen LogP contribution in [0.1, 0.15) is 52.8 Å². The molecule has 7 rings (SSSR count). The molecule has 3 amide bonds. The first kappa shape index (κ1) is 35.0. The van der Waals surface area contributed by atoms with E-state index in [1.54, 1.807) is 29.9 Å². The number of nitrogens with one attached hydrogen (secondary N) is 2. The number of hydrogen-bond donors (Lipinski definition) is 2. The normalized spacial score (nSPS) is 19.8. The summed E-state index contributed by atoms with van der Waals surface area (Å²) < 4.78 is 47.3. The molecule has 3 aliphatic heterocycles. The molecule has 15 heteroatoms. The van der Waals surface area contributed by atoms with Crippen molar-refractivity contribution < 1.29 is 32.3 Å². The number of benzene rings is 2. The number of fused-ring (bicyclic) bond motifs is 1. The number of likely N-dealkylation sites (tertiary alicyclic amines) is 1. The molecule has 2 aromatic heterocycles. The quantitative estimate of drug-likeness (QED) is 0.237. The van der Waals surface area contributed by atoms with Crippen LogP contribution in [0.5, 0.6) is 0 Å². The fraction of sp³-hybridized carbons (Fsp3) is 0.351. The summed E-state index contributed by atoms with van der Waals surface area (Å²) in [6.07, 6.45) is -0.502. The highest BCUT2D eigenvalue weighted by Crippen LogP contribution is 2.42. The number of ether oxygens (including phenoxy) is 1. The number of carbonyl (C=O) groups is 3. The second-order valence-corrected chi connectivity index (χ2v) is 13.3. The molecule has 0 aliphatic carbocycles. The molecule has 270 valence electrons. The number of anilines is 1. The monoisotopic (exact) mass is 714 g/mol. The van der Waals surface area contributed by atoms with Gasteiger partial charge in [0.1, 0.15) is 17.6 Å². The fourth-order valence-electron chi connectivity index (χ4n) is 7.17. The summed E-state index contributed by atoms with van der Waals surface area (Å²) in [6.45, 7) is 7.88. The Morgan fingerprint density at radius 1 is 1.08 bits per heavy atom. The van der Waals surface area contributed by atoms with Gasteiger partial charge in [-0.05, 0) is 43.2 Å². The van der Waals surface area contributed by atoms with Gasteiger partial charge in [-0.15, -0.1) is 0 Å². The Balaban J connectivity index is 1.18. The van der Waals surface area contributed by atoms with Crippen LogP contribution in [0, 0.1) is 5.41 Å². The molecule has 2 saturated heterocycles. The van der Waals surface area contributed by atoms with Crippen molar-refractivity contribution in [3.05, 3.63) is 113 Å². The molecule has 1 spiro atoms. The number of alkyl halides is 3. The van der Waals surface area contributed by atoms with Crippen LogP contribution in [-0.2, 0) is 27.0 Å². The van der Waals surface area contributed by atoms with Crippen LogP contribution in [0.25, 0.3) is 5.69 Å². The van der Waals surface area contributed by atoms with Crippen molar-refractivity contribution in [2.24, 2.45) is 5.41 Å². The summed E-state index contributed by atoms with van der Waals surface area (Å²) in [4.78, 5) is 52.0. The van der Waals surface area contributed by atoms with E-state index in [1.807, 2.05) is 55.5 Å². The van der Waals surface area contributed by atoms with E-state index in [4.69, 9.17) is 4.74 Å². The smallest absolute Gasteiger partial charge is 0.380 e. The van der Waals surface area contributed by atoms with Crippen LogP contribution < -0.4 is 15.5 Å². The van der Waals surface area contributed by atoms with Gasteiger partial charge in [-0.1, -0.05) is 48.5 Å². The minimum Gasteiger partial charge on any atom is -0.380 e. The Bertz CT molecular complexity index is 2020. The maximum absolute atomic E-state index is 14.3. The van der Waals surface area contributed by atoms with Gasteiger partial charge >= 0.3 is 6.18 Å². The number of nitrogens with zero attached hydrogens (tertiary/aromatic N) is 6. The van der Waals surface area contributed by atoms with Crippen LogP contribution >= 0.6 is 0 Å². The van der Waals surface area contributed by atoms with Gasteiger partial charge < -0.3 is 15.4 Å². The largest absolute Gasteiger partial charge is 0.433 e. The fourth-order valence-corrected chi connectivity index (χ4v) is 7.17. The van der Waals surface area contributed by atoms with E-state index < -0.39 is 41.5 Å². The second kappa shape index (κ2) is 14.0. The molecule has 2 aromatic carbocycles. The van der Waals surface area contributed by atoms with Crippen molar-refractivity contribution in [3.63, 3.8) is 0 Å². The standard InChI is InChI=1S/C37H37F3N8O4/c1-3-24(18-46-19-36(20-46)21-52-22-36)32(49)42-16-23-9-8-10-25(15-23)29-27-17-43-48(26-11-6-5-7-12-26)34(27)47(4-2)35(51)30(29)45-33(50)31-41-14-13-28(44-31)37(38,39)40/h3,5-15,17,29-30H,4,16,18-22H2,1-2H3,(H,42,49)(H,45,50)/b24-3+/t29-,30+/m1/s1. The van der Waals surface area contributed by atoms with Crippen molar-refractivity contribution in [3.8, 4) is 5.69 Å². The number of carbonyl (C=O) groups excluding carboxylic acids is 3. The zero-order valence-corrected chi connectivity index (χ0v) is 28.6. The minimum atomic E-state index is -4.80. The van der Waals surface area contributed by atoms with Crippen molar-refractivity contribution >= 4 is 23.5 Å². The lowest BCUT2D eigenvalue weighted by atomic mass is 9.78. The summed E-state index contributed by atoms with van der Waals surface area (Å²) >= 11 is 0. The summed E-state index contributed by atoms with van der Waals surface area (Å²) in [5, 5.41) is 10.3. The van der Waals surface area contributed by atoms with Gasteiger partial charge in [0.25, 0.3) is 11.8 Å². The van der Waals surface area contributed by atoms with Gasteiger partial charge in [-0.3, -0.25) is 24.2 Å². The van der Waals surface area contributed by atoms with Crippen molar-refractivity contribution in [1.29, 1.82) is 0 Å². The van der Waals surface area contributed by atoms with Gasteiger partial charge in [0, 0.05) is 61.4 Å². The molecule has 3 aliphatic rings. The molecule has 2 N–H and O–H groups in total. The molecule has 12 nitrogen and oxygen atoms in total. The van der Waals surface area contributed by atoms with E-state index in [9.17, 15) is 27.6 Å². The molecule has 2 atom stereocenters.